The van der Waals surface area contributed by atoms with E-state index in [1.807, 2.05) is 0 Å². The van der Waals surface area contributed by atoms with Gasteiger partial charge in [-0.1, -0.05) is 15.9 Å². The zero-order chi connectivity index (χ0) is 10.6. The number of benzene rings is 1. The SMILES string of the molecule is NC(N)=NN=Cc1cc(F)ccc1Br. The molecule has 0 aliphatic rings. The summed E-state index contributed by atoms with van der Waals surface area (Å²) >= 11 is 3.23. The first kappa shape index (κ1) is 10.6. The highest BCUT2D eigenvalue weighted by Crippen LogP contribution is 2.15. The molecule has 74 valence electrons. The fraction of sp³-hybridized carbons (Fsp3) is 0. The molecule has 0 aliphatic carbocycles. The Hall–Kier alpha value is -1.43. The molecule has 4 nitrogen and oxygen atoms in total. The molecule has 0 heterocycles. The molecule has 0 radical (unpaired) electrons. The number of guanidine groups is 1. The van der Waals surface area contributed by atoms with Crippen molar-refractivity contribution in [3.05, 3.63) is 34.1 Å². The third-order valence-corrected chi connectivity index (χ3v) is 2.05. The molecule has 0 spiro atoms. The van der Waals surface area contributed by atoms with E-state index in [4.69, 9.17) is 11.5 Å². The van der Waals surface area contributed by atoms with Gasteiger partial charge in [0.2, 0.25) is 5.96 Å². The summed E-state index contributed by atoms with van der Waals surface area (Å²) in [5.41, 5.74) is 10.7. The van der Waals surface area contributed by atoms with Crippen molar-refractivity contribution < 1.29 is 4.39 Å². The number of nitrogens with zero attached hydrogens (tertiary/aromatic N) is 2. The predicted molar refractivity (Wildman–Crippen MR) is 57.5 cm³/mol. The number of hydrogen-bond acceptors (Lipinski definition) is 2. The van der Waals surface area contributed by atoms with Crippen LogP contribution in [0.2, 0.25) is 0 Å². The first-order chi connectivity index (χ1) is 6.59. The quantitative estimate of drug-likeness (QED) is 0.475. The van der Waals surface area contributed by atoms with E-state index in [0.29, 0.717) is 10.0 Å². The van der Waals surface area contributed by atoms with Crippen molar-refractivity contribution >= 4 is 28.1 Å². The van der Waals surface area contributed by atoms with Gasteiger partial charge in [0, 0.05) is 10.0 Å². The molecule has 6 heteroatoms. The first-order valence-corrected chi connectivity index (χ1v) is 4.46. The van der Waals surface area contributed by atoms with Crippen LogP contribution < -0.4 is 11.5 Å². The van der Waals surface area contributed by atoms with Gasteiger partial charge in [0.05, 0.1) is 6.21 Å². The molecule has 0 aromatic heterocycles. The lowest BCUT2D eigenvalue weighted by Gasteiger charge is -1.96. The fourth-order valence-electron chi connectivity index (χ4n) is 0.771. The van der Waals surface area contributed by atoms with E-state index in [-0.39, 0.29) is 11.8 Å². The molecule has 0 saturated heterocycles. The van der Waals surface area contributed by atoms with Gasteiger partial charge in [0.1, 0.15) is 5.82 Å². The zero-order valence-corrected chi connectivity index (χ0v) is 8.70. The average molecular weight is 259 g/mol. The molecule has 0 atom stereocenters. The Morgan fingerprint density at radius 1 is 1.43 bits per heavy atom. The van der Waals surface area contributed by atoms with Gasteiger partial charge < -0.3 is 11.5 Å². The second kappa shape index (κ2) is 4.71. The van der Waals surface area contributed by atoms with E-state index in [1.54, 1.807) is 6.07 Å². The summed E-state index contributed by atoms with van der Waals surface area (Å²) in [4.78, 5) is 0. The molecule has 1 aromatic carbocycles. The van der Waals surface area contributed by atoms with Crippen molar-refractivity contribution in [3.8, 4) is 0 Å². The third kappa shape index (κ3) is 3.14. The van der Waals surface area contributed by atoms with Crippen LogP contribution in [0.1, 0.15) is 5.56 Å². The van der Waals surface area contributed by atoms with Crippen LogP contribution in [0.3, 0.4) is 0 Å². The van der Waals surface area contributed by atoms with Crippen molar-refractivity contribution in [3.63, 3.8) is 0 Å². The molecule has 0 fully saturated rings. The van der Waals surface area contributed by atoms with E-state index in [9.17, 15) is 4.39 Å². The minimum Gasteiger partial charge on any atom is -0.369 e. The molecule has 0 unspecified atom stereocenters. The molecular formula is C8H8BrFN4. The monoisotopic (exact) mass is 258 g/mol. The Labute approximate surface area is 88.6 Å². The minimum atomic E-state index is -0.348. The zero-order valence-electron chi connectivity index (χ0n) is 7.11. The molecule has 14 heavy (non-hydrogen) atoms. The summed E-state index contributed by atoms with van der Waals surface area (Å²) in [6.45, 7) is 0. The van der Waals surface area contributed by atoms with Crippen molar-refractivity contribution in [1.82, 2.24) is 0 Å². The number of halogens is 2. The number of rotatable bonds is 2. The maximum absolute atomic E-state index is 12.8. The van der Waals surface area contributed by atoms with Crippen LogP contribution in [0.4, 0.5) is 4.39 Å². The Morgan fingerprint density at radius 3 is 2.79 bits per heavy atom. The molecule has 0 aliphatic heterocycles. The van der Waals surface area contributed by atoms with Gasteiger partial charge in [0.15, 0.2) is 0 Å². The maximum atomic E-state index is 12.8. The van der Waals surface area contributed by atoms with Crippen LogP contribution in [-0.2, 0) is 0 Å². The standard InChI is InChI=1S/C8H8BrFN4/c9-7-2-1-6(10)3-5(7)4-13-14-8(11)12/h1-4H,(H4,11,12,14). The number of nitrogens with two attached hydrogens (primary N) is 2. The Bertz CT molecular complexity index is 385. The molecule has 1 rings (SSSR count). The maximum Gasteiger partial charge on any atom is 0.211 e. The van der Waals surface area contributed by atoms with Gasteiger partial charge in [0.25, 0.3) is 0 Å². The van der Waals surface area contributed by atoms with Crippen LogP contribution in [0.25, 0.3) is 0 Å². The second-order valence-corrected chi connectivity index (χ2v) is 3.29. The van der Waals surface area contributed by atoms with Crippen molar-refractivity contribution in [1.29, 1.82) is 0 Å². The van der Waals surface area contributed by atoms with E-state index in [1.165, 1.54) is 18.3 Å². The highest BCUT2D eigenvalue weighted by molar-refractivity contribution is 9.10. The van der Waals surface area contributed by atoms with Gasteiger partial charge >= 0.3 is 0 Å². The van der Waals surface area contributed by atoms with Gasteiger partial charge in [-0.25, -0.2) is 4.39 Å². The minimum absolute atomic E-state index is 0.145. The van der Waals surface area contributed by atoms with E-state index >= 15 is 0 Å². The highest BCUT2D eigenvalue weighted by atomic mass is 79.9. The predicted octanol–water partition coefficient (Wildman–Crippen LogP) is 1.20. The largest absolute Gasteiger partial charge is 0.369 e. The summed E-state index contributed by atoms with van der Waals surface area (Å²) in [5, 5.41) is 6.95. The third-order valence-electron chi connectivity index (χ3n) is 1.33. The highest BCUT2D eigenvalue weighted by Gasteiger charge is 1.97. The summed E-state index contributed by atoms with van der Waals surface area (Å²) in [7, 11) is 0. The van der Waals surface area contributed by atoms with Crippen molar-refractivity contribution in [2.45, 2.75) is 0 Å². The Balaban J connectivity index is 2.91. The average Bonchev–Trinajstić information content (AvgIpc) is 2.10. The van der Waals surface area contributed by atoms with Crippen LogP contribution in [0.15, 0.2) is 32.9 Å². The molecule has 0 saturated carbocycles. The number of hydrogen-bond donors (Lipinski definition) is 2. The van der Waals surface area contributed by atoms with E-state index < -0.39 is 0 Å². The smallest absolute Gasteiger partial charge is 0.211 e. The van der Waals surface area contributed by atoms with Crippen LogP contribution in [-0.4, -0.2) is 12.2 Å². The van der Waals surface area contributed by atoms with Gasteiger partial charge in [-0.15, -0.1) is 5.10 Å². The topological polar surface area (TPSA) is 76.8 Å². The first-order valence-electron chi connectivity index (χ1n) is 3.66. The lowest BCUT2D eigenvalue weighted by molar-refractivity contribution is 0.627. The van der Waals surface area contributed by atoms with Crippen molar-refractivity contribution in [2.75, 3.05) is 0 Å². The van der Waals surface area contributed by atoms with Gasteiger partial charge in [-0.2, -0.15) is 5.10 Å². The van der Waals surface area contributed by atoms with Crippen LogP contribution in [0.5, 0.6) is 0 Å². The van der Waals surface area contributed by atoms with Crippen LogP contribution >= 0.6 is 15.9 Å². The summed E-state index contributed by atoms with van der Waals surface area (Å²) < 4.78 is 13.5. The molecule has 4 N–H and O–H groups in total. The lowest BCUT2D eigenvalue weighted by Crippen LogP contribution is -2.21. The molecule has 0 bridgehead atoms. The molecule has 1 aromatic rings. The summed E-state index contributed by atoms with van der Waals surface area (Å²) in [6, 6.07) is 4.23. The molecular weight excluding hydrogens is 251 g/mol. The summed E-state index contributed by atoms with van der Waals surface area (Å²) in [6.07, 6.45) is 1.35. The normalized spacial score (nSPS) is 10.4. The Morgan fingerprint density at radius 2 is 2.14 bits per heavy atom. The van der Waals surface area contributed by atoms with Crippen molar-refractivity contribution in [2.24, 2.45) is 21.7 Å². The van der Waals surface area contributed by atoms with Gasteiger partial charge in [-0.3, -0.25) is 0 Å². The summed E-state index contributed by atoms with van der Waals surface area (Å²) in [5.74, 6) is -0.492. The van der Waals surface area contributed by atoms with Gasteiger partial charge in [-0.05, 0) is 18.2 Å². The van der Waals surface area contributed by atoms with E-state index in [2.05, 4.69) is 26.1 Å². The Kier molecular flexibility index (Phi) is 3.58. The second-order valence-electron chi connectivity index (χ2n) is 2.44. The van der Waals surface area contributed by atoms with Crippen LogP contribution in [0, 0.1) is 5.82 Å². The molecule has 0 amide bonds. The fourth-order valence-corrected chi connectivity index (χ4v) is 1.12. The van der Waals surface area contributed by atoms with E-state index in [0.717, 1.165) is 0 Å². The lowest BCUT2D eigenvalue weighted by atomic mass is 10.2.